The molecule has 0 aliphatic carbocycles. The van der Waals surface area contributed by atoms with Crippen LogP contribution in [0, 0.1) is 0 Å². The zero-order valence-electron chi connectivity index (χ0n) is 16.4. The highest BCUT2D eigenvalue weighted by atomic mass is 32.2. The number of carbonyl (C=O) groups excluding carboxylic acids is 1. The number of carbonyl (C=O) groups is 1. The fourth-order valence-electron chi connectivity index (χ4n) is 3.76. The monoisotopic (exact) mass is 380 g/mol. The maximum Gasteiger partial charge on any atom is 0.232 e. The zero-order chi connectivity index (χ0) is 19.3. The summed E-state index contributed by atoms with van der Waals surface area (Å²) in [5, 5.41) is 0. The minimum Gasteiger partial charge on any atom is -0.340 e. The highest BCUT2D eigenvalue weighted by molar-refractivity contribution is 7.92. The van der Waals surface area contributed by atoms with Crippen molar-refractivity contribution in [3.05, 3.63) is 29.8 Å². The summed E-state index contributed by atoms with van der Waals surface area (Å²) in [5.74, 6) is 0.268. The van der Waals surface area contributed by atoms with Gasteiger partial charge in [-0.1, -0.05) is 39.0 Å². The van der Waals surface area contributed by atoms with Crippen molar-refractivity contribution in [2.75, 3.05) is 23.7 Å². The number of benzene rings is 1. The SMILES string of the molecule is CCC1CCCCN1C(=O)CCN(c1ccccc1C(C)C)S(C)(=O)=O. The van der Waals surface area contributed by atoms with Gasteiger partial charge in [-0.15, -0.1) is 0 Å². The van der Waals surface area contributed by atoms with Crippen LogP contribution in [-0.4, -0.2) is 44.6 Å². The molecule has 1 saturated heterocycles. The molecular weight excluding hydrogens is 348 g/mol. The number of para-hydroxylation sites is 1. The predicted octanol–water partition coefficient (Wildman–Crippen LogP) is 3.76. The van der Waals surface area contributed by atoms with Crippen molar-refractivity contribution < 1.29 is 13.2 Å². The highest BCUT2D eigenvalue weighted by Gasteiger charge is 2.27. The Morgan fingerprint density at radius 3 is 2.58 bits per heavy atom. The van der Waals surface area contributed by atoms with Gasteiger partial charge in [0.25, 0.3) is 0 Å². The van der Waals surface area contributed by atoms with Crippen LogP contribution in [0.3, 0.4) is 0 Å². The van der Waals surface area contributed by atoms with Crippen LogP contribution in [-0.2, 0) is 14.8 Å². The Morgan fingerprint density at radius 1 is 1.27 bits per heavy atom. The summed E-state index contributed by atoms with van der Waals surface area (Å²) in [6.45, 7) is 7.18. The molecule has 1 unspecified atom stereocenters. The van der Waals surface area contributed by atoms with Gasteiger partial charge >= 0.3 is 0 Å². The number of likely N-dealkylation sites (tertiary alicyclic amines) is 1. The van der Waals surface area contributed by atoms with E-state index >= 15 is 0 Å². The second kappa shape index (κ2) is 8.89. The largest absolute Gasteiger partial charge is 0.340 e. The van der Waals surface area contributed by atoms with Gasteiger partial charge in [0.1, 0.15) is 0 Å². The van der Waals surface area contributed by atoms with Crippen molar-refractivity contribution in [2.45, 2.75) is 64.8 Å². The first-order valence-corrected chi connectivity index (χ1v) is 11.5. The van der Waals surface area contributed by atoms with Crippen LogP contribution in [0.2, 0.25) is 0 Å². The Labute approximate surface area is 158 Å². The van der Waals surface area contributed by atoms with E-state index in [4.69, 9.17) is 0 Å². The van der Waals surface area contributed by atoms with E-state index in [-0.39, 0.29) is 24.8 Å². The van der Waals surface area contributed by atoms with Gasteiger partial charge in [0.15, 0.2) is 0 Å². The Morgan fingerprint density at radius 2 is 1.96 bits per heavy atom. The normalized spacial score (nSPS) is 18.2. The first-order valence-electron chi connectivity index (χ1n) is 9.61. The molecule has 1 aromatic rings. The third kappa shape index (κ3) is 5.00. The molecule has 0 spiro atoms. The predicted molar refractivity (Wildman–Crippen MR) is 107 cm³/mol. The lowest BCUT2D eigenvalue weighted by Gasteiger charge is -2.36. The van der Waals surface area contributed by atoms with E-state index in [0.717, 1.165) is 31.4 Å². The molecule has 0 bridgehead atoms. The third-order valence-electron chi connectivity index (χ3n) is 5.18. The number of hydrogen-bond donors (Lipinski definition) is 0. The number of anilines is 1. The van der Waals surface area contributed by atoms with E-state index in [1.807, 2.05) is 43.0 Å². The number of nitrogens with zero attached hydrogens (tertiary/aromatic N) is 2. The van der Waals surface area contributed by atoms with E-state index in [1.165, 1.54) is 17.0 Å². The highest BCUT2D eigenvalue weighted by Crippen LogP contribution is 2.29. The second-order valence-electron chi connectivity index (χ2n) is 7.44. The standard InChI is InChI=1S/C20H32N2O3S/c1-5-17-10-8-9-14-21(17)20(23)13-15-22(26(4,24)25)19-12-7-6-11-18(19)16(2)3/h6-7,11-12,16-17H,5,8-10,13-15H2,1-4H3. The molecule has 146 valence electrons. The van der Waals surface area contributed by atoms with E-state index < -0.39 is 10.0 Å². The van der Waals surface area contributed by atoms with Crippen LogP contribution in [0.25, 0.3) is 0 Å². The number of sulfonamides is 1. The van der Waals surface area contributed by atoms with Gasteiger partial charge in [-0.2, -0.15) is 0 Å². The average Bonchev–Trinajstić information content (AvgIpc) is 2.60. The van der Waals surface area contributed by atoms with Crippen LogP contribution in [0.15, 0.2) is 24.3 Å². The van der Waals surface area contributed by atoms with Gasteiger partial charge in [-0.05, 0) is 43.2 Å². The molecule has 1 fully saturated rings. The van der Waals surface area contributed by atoms with Gasteiger partial charge in [0.2, 0.25) is 15.9 Å². The molecule has 26 heavy (non-hydrogen) atoms. The smallest absolute Gasteiger partial charge is 0.232 e. The molecule has 1 atom stereocenters. The number of piperidine rings is 1. The Balaban J connectivity index is 2.19. The first-order chi connectivity index (χ1) is 12.3. The topological polar surface area (TPSA) is 57.7 Å². The van der Waals surface area contributed by atoms with Crippen LogP contribution in [0.1, 0.15) is 64.4 Å². The zero-order valence-corrected chi connectivity index (χ0v) is 17.3. The summed E-state index contributed by atoms with van der Waals surface area (Å²) in [6.07, 6.45) is 5.64. The lowest BCUT2D eigenvalue weighted by atomic mass is 9.99. The van der Waals surface area contributed by atoms with Crippen molar-refractivity contribution in [3.63, 3.8) is 0 Å². The summed E-state index contributed by atoms with van der Waals surface area (Å²) in [7, 11) is -3.46. The Kier molecular flexibility index (Phi) is 7.09. The van der Waals surface area contributed by atoms with Crippen molar-refractivity contribution in [1.82, 2.24) is 4.90 Å². The maximum atomic E-state index is 12.8. The molecule has 2 rings (SSSR count). The van der Waals surface area contributed by atoms with E-state index in [9.17, 15) is 13.2 Å². The molecular formula is C20H32N2O3S. The van der Waals surface area contributed by atoms with Crippen LogP contribution < -0.4 is 4.31 Å². The molecule has 0 radical (unpaired) electrons. The molecule has 6 heteroatoms. The summed E-state index contributed by atoms with van der Waals surface area (Å²) in [5.41, 5.74) is 1.67. The van der Waals surface area contributed by atoms with Gasteiger partial charge in [0.05, 0.1) is 11.9 Å². The number of hydrogen-bond acceptors (Lipinski definition) is 3. The Bertz CT molecular complexity index is 716. The summed E-state index contributed by atoms with van der Waals surface area (Å²) >= 11 is 0. The van der Waals surface area contributed by atoms with Gasteiger partial charge < -0.3 is 4.90 Å². The third-order valence-corrected chi connectivity index (χ3v) is 6.36. The fourth-order valence-corrected chi connectivity index (χ4v) is 4.71. The Hall–Kier alpha value is -1.56. The van der Waals surface area contributed by atoms with E-state index in [0.29, 0.717) is 11.7 Å². The lowest BCUT2D eigenvalue weighted by molar-refractivity contribution is -0.134. The van der Waals surface area contributed by atoms with Crippen molar-refractivity contribution in [2.24, 2.45) is 0 Å². The molecule has 0 N–H and O–H groups in total. The quantitative estimate of drug-likeness (QED) is 0.724. The van der Waals surface area contributed by atoms with Crippen molar-refractivity contribution in [3.8, 4) is 0 Å². The van der Waals surface area contributed by atoms with Crippen LogP contribution in [0.5, 0.6) is 0 Å². The summed E-state index contributed by atoms with van der Waals surface area (Å²) in [6, 6.07) is 7.85. The number of amides is 1. The minimum atomic E-state index is -3.46. The van der Waals surface area contributed by atoms with Crippen molar-refractivity contribution >= 4 is 21.6 Å². The molecule has 0 saturated carbocycles. The molecule has 1 amide bonds. The first kappa shape index (κ1) is 20.7. The maximum absolute atomic E-state index is 12.8. The van der Waals surface area contributed by atoms with Gasteiger partial charge in [-0.3, -0.25) is 9.10 Å². The van der Waals surface area contributed by atoms with Crippen molar-refractivity contribution in [1.29, 1.82) is 0 Å². The molecule has 5 nitrogen and oxygen atoms in total. The lowest BCUT2D eigenvalue weighted by Crippen LogP contribution is -2.45. The van der Waals surface area contributed by atoms with Crippen LogP contribution >= 0.6 is 0 Å². The second-order valence-corrected chi connectivity index (χ2v) is 9.35. The summed E-state index contributed by atoms with van der Waals surface area (Å²) < 4.78 is 26.2. The minimum absolute atomic E-state index is 0.0622. The summed E-state index contributed by atoms with van der Waals surface area (Å²) in [4.78, 5) is 14.7. The molecule has 1 heterocycles. The molecule has 1 aromatic carbocycles. The molecule has 0 aromatic heterocycles. The van der Waals surface area contributed by atoms with E-state index in [2.05, 4.69) is 6.92 Å². The number of rotatable bonds is 7. The van der Waals surface area contributed by atoms with Gasteiger partial charge in [0, 0.05) is 25.6 Å². The van der Waals surface area contributed by atoms with E-state index in [1.54, 1.807) is 0 Å². The van der Waals surface area contributed by atoms with Crippen LogP contribution in [0.4, 0.5) is 5.69 Å². The molecule has 1 aliphatic rings. The molecule has 1 aliphatic heterocycles. The van der Waals surface area contributed by atoms with Gasteiger partial charge in [-0.25, -0.2) is 8.42 Å². The average molecular weight is 381 g/mol. The fraction of sp³-hybridized carbons (Fsp3) is 0.650.